The number of carbonyl (C=O) groups excluding carboxylic acids is 2. The van der Waals surface area contributed by atoms with Gasteiger partial charge in [0.1, 0.15) is 11.4 Å². The molecule has 34 heavy (non-hydrogen) atoms. The summed E-state index contributed by atoms with van der Waals surface area (Å²) in [7, 11) is 1.62. The van der Waals surface area contributed by atoms with Gasteiger partial charge >= 0.3 is 6.09 Å². The quantitative estimate of drug-likeness (QED) is 0.575. The van der Waals surface area contributed by atoms with Crippen LogP contribution < -0.4 is 10.1 Å². The Balaban J connectivity index is 1.61. The van der Waals surface area contributed by atoms with E-state index in [0.29, 0.717) is 23.9 Å². The fraction of sp³-hybridized carbons (Fsp3) is 0.320. The van der Waals surface area contributed by atoms with Crippen LogP contribution in [0.4, 0.5) is 4.79 Å². The van der Waals surface area contributed by atoms with Crippen LogP contribution in [-0.4, -0.2) is 45.9 Å². The van der Waals surface area contributed by atoms with Gasteiger partial charge in [-0.1, -0.05) is 35.9 Å². The molecule has 8 nitrogen and oxygen atoms in total. The molecular formula is C25H27ClN4O4. The second-order valence-corrected chi connectivity index (χ2v) is 9.50. The fourth-order valence-corrected chi connectivity index (χ4v) is 3.96. The van der Waals surface area contributed by atoms with Crippen molar-refractivity contribution in [3.63, 3.8) is 0 Å². The molecule has 3 aromatic rings. The van der Waals surface area contributed by atoms with Gasteiger partial charge in [-0.25, -0.2) is 9.48 Å². The molecule has 1 aromatic heterocycles. The van der Waals surface area contributed by atoms with Crippen LogP contribution in [0, 0.1) is 0 Å². The molecule has 178 valence electrons. The number of nitrogens with one attached hydrogen (secondary N) is 1. The molecule has 1 N–H and O–H groups in total. The third kappa shape index (κ3) is 5.02. The van der Waals surface area contributed by atoms with E-state index in [1.807, 2.05) is 74.0 Å². The molecule has 0 spiro atoms. The molecule has 9 heteroatoms. The molecule has 2 aromatic carbocycles. The Morgan fingerprint density at radius 3 is 2.47 bits per heavy atom. The smallest absolute Gasteiger partial charge is 0.408 e. The monoisotopic (exact) mass is 482 g/mol. The van der Waals surface area contributed by atoms with Gasteiger partial charge in [0.15, 0.2) is 6.61 Å². The normalized spacial score (nSPS) is 12.9. The Morgan fingerprint density at radius 1 is 1.09 bits per heavy atom. The highest BCUT2D eigenvalue weighted by atomic mass is 35.5. The van der Waals surface area contributed by atoms with Gasteiger partial charge in [0.2, 0.25) is 0 Å². The van der Waals surface area contributed by atoms with E-state index in [1.165, 1.54) is 0 Å². The van der Waals surface area contributed by atoms with Crippen LogP contribution in [0.25, 0.3) is 16.9 Å². The minimum Gasteiger partial charge on any atom is -0.494 e. The number of aromatic nitrogens is 2. The third-order valence-corrected chi connectivity index (χ3v) is 5.60. The molecule has 0 radical (unpaired) electrons. The summed E-state index contributed by atoms with van der Waals surface area (Å²) in [5.74, 6) is 0.401. The van der Waals surface area contributed by atoms with Crippen LogP contribution in [-0.2, 0) is 22.6 Å². The SMILES string of the molecule is COc1ccccc1-n1nc2c(c1-c1ccc(Cl)cc1)CN(C(=O)COC(=O)NC(C)(C)C)C2. The summed E-state index contributed by atoms with van der Waals surface area (Å²) in [6, 6.07) is 15.1. The maximum absolute atomic E-state index is 12.8. The standard InChI is InChI=1S/C25H27ClN4O4/c1-25(2,3)27-24(32)34-15-22(31)29-13-18-19(14-29)28-30(20-7-5-6-8-21(20)33-4)23(18)16-9-11-17(26)12-10-16/h5-12H,13-15H2,1-4H3,(H,27,32). The highest BCUT2D eigenvalue weighted by Gasteiger charge is 2.32. The van der Waals surface area contributed by atoms with Crippen molar-refractivity contribution in [3.8, 4) is 22.7 Å². The predicted octanol–water partition coefficient (Wildman–Crippen LogP) is 4.57. The van der Waals surface area contributed by atoms with Gasteiger partial charge in [-0.3, -0.25) is 4.79 Å². The number of alkyl carbamates (subject to hydrolysis) is 1. The van der Waals surface area contributed by atoms with Crippen molar-refractivity contribution in [3.05, 3.63) is 64.8 Å². The molecule has 1 aliphatic rings. The van der Waals surface area contributed by atoms with E-state index in [-0.39, 0.29) is 12.5 Å². The molecule has 0 aliphatic carbocycles. The first-order chi connectivity index (χ1) is 16.2. The minimum atomic E-state index is -0.624. The van der Waals surface area contributed by atoms with Gasteiger partial charge in [0.25, 0.3) is 5.91 Å². The molecule has 0 saturated heterocycles. The summed E-state index contributed by atoms with van der Waals surface area (Å²) >= 11 is 6.12. The van der Waals surface area contributed by atoms with Crippen LogP contribution in [0.3, 0.4) is 0 Å². The fourth-order valence-electron chi connectivity index (χ4n) is 3.84. The molecule has 0 fully saturated rings. The molecule has 2 amide bonds. The highest BCUT2D eigenvalue weighted by Crippen LogP contribution is 2.37. The van der Waals surface area contributed by atoms with Crippen LogP contribution in [0.5, 0.6) is 5.75 Å². The van der Waals surface area contributed by atoms with Crippen molar-refractivity contribution in [2.45, 2.75) is 39.4 Å². The molecule has 2 heterocycles. The van der Waals surface area contributed by atoms with Gasteiger partial charge in [-0.2, -0.15) is 5.10 Å². The predicted molar refractivity (Wildman–Crippen MR) is 129 cm³/mol. The van der Waals surface area contributed by atoms with E-state index in [1.54, 1.807) is 12.0 Å². The first-order valence-electron chi connectivity index (χ1n) is 10.9. The number of nitrogens with zero attached hydrogens (tertiary/aromatic N) is 3. The van der Waals surface area contributed by atoms with E-state index in [2.05, 4.69) is 5.32 Å². The number of halogens is 1. The van der Waals surface area contributed by atoms with E-state index in [0.717, 1.165) is 28.2 Å². The average Bonchev–Trinajstić information content (AvgIpc) is 3.35. The molecule has 4 rings (SSSR count). The number of ether oxygens (including phenoxy) is 2. The number of para-hydroxylation sites is 2. The number of carbonyl (C=O) groups is 2. The lowest BCUT2D eigenvalue weighted by Gasteiger charge is -2.21. The summed E-state index contributed by atoms with van der Waals surface area (Å²) in [6.45, 7) is 5.86. The summed E-state index contributed by atoms with van der Waals surface area (Å²) in [6.07, 6.45) is -0.624. The Bertz CT molecular complexity index is 1210. The average molecular weight is 483 g/mol. The largest absolute Gasteiger partial charge is 0.494 e. The van der Waals surface area contributed by atoms with Crippen molar-refractivity contribution in [1.82, 2.24) is 20.0 Å². The van der Waals surface area contributed by atoms with Crippen molar-refractivity contribution in [1.29, 1.82) is 0 Å². The topological polar surface area (TPSA) is 85.7 Å². The van der Waals surface area contributed by atoms with Crippen molar-refractivity contribution >= 4 is 23.6 Å². The van der Waals surface area contributed by atoms with Gasteiger partial charge in [0, 0.05) is 21.7 Å². The molecule has 0 unspecified atom stereocenters. The van der Waals surface area contributed by atoms with Crippen molar-refractivity contribution < 1.29 is 19.1 Å². The number of rotatable bonds is 5. The summed E-state index contributed by atoms with van der Waals surface area (Å²) in [5, 5.41) is 8.14. The second-order valence-electron chi connectivity index (χ2n) is 9.07. The zero-order chi connectivity index (χ0) is 24.5. The Kier molecular flexibility index (Phi) is 6.52. The van der Waals surface area contributed by atoms with E-state index in [9.17, 15) is 9.59 Å². The lowest BCUT2D eigenvalue weighted by Crippen LogP contribution is -2.42. The Labute approximate surface area is 203 Å². The lowest BCUT2D eigenvalue weighted by atomic mass is 10.1. The van der Waals surface area contributed by atoms with Gasteiger partial charge in [-0.05, 0) is 45.0 Å². The number of fused-ring (bicyclic) bond motifs is 1. The molecule has 0 saturated carbocycles. The maximum atomic E-state index is 12.8. The third-order valence-electron chi connectivity index (χ3n) is 5.34. The lowest BCUT2D eigenvalue weighted by molar-refractivity contribution is -0.135. The van der Waals surface area contributed by atoms with Crippen molar-refractivity contribution in [2.75, 3.05) is 13.7 Å². The van der Waals surface area contributed by atoms with Gasteiger partial charge in [-0.15, -0.1) is 0 Å². The zero-order valence-electron chi connectivity index (χ0n) is 19.6. The van der Waals surface area contributed by atoms with Crippen molar-refractivity contribution in [2.24, 2.45) is 0 Å². The number of amides is 2. The first kappa shape index (κ1) is 23.6. The minimum absolute atomic E-state index is 0.284. The Morgan fingerprint density at radius 2 is 1.79 bits per heavy atom. The summed E-state index contributed by atoms with van der Waals surface area (Å²) in [4.78, 5) is 26.3. The zero-order valence-corrected chi connectivity index (χ0v) is 20.3. The summed E-state index contributed by atoms with van der Waals surface area (Å²) < 4.78 is 12.5. The number of benzene rings is 2. The van der Waals surface area contributed by atoms with Gasteiger partial charge < -0.3 is 19.7 Å². The molecule has 0 bridgehead atoms. The molecule has 1 aliphatic heterocycles. The van der Waals surface area contributed by atoms with Crippen LogP contribution in [0.2, 0.25) is 5.02 Å². The Hall–Kier alpha value is -3.52. The molecule has 0 atom stereocenters. The van der Waals surface area contributed by atoms with E-state index in [4.69, 9.17) is 26.2 Å². The maximum Gasteiger partial charge on any atom is 0.408 e. The highest BCUT2D eigenvalue weighted by molar-refractivity contribution is 6.30. The van der Waals surface area contributed by atoms with E-state index < -0.39 is 11.6 Å². The summed E-state index contributed by atoms with van der Waals surface area (Å²) in [5.41, 5.74) is 3.84. The van der Waals surface area contributed by atoms with E-state index >= 15 is 0 Å². The van der Waals surface area contributed by atoms with Crippen LogP contribution in [0.1, 0.15) is 32.0 Å². The van der Waals surface area contributed by atoms with Crippen LogP contribution >= 0.6 is 11.6 Å². The van der Waals surface area contributed by atoms with Crippen LogP contribution in [0.15, 0.2) is 48.5 Å². The number of hydrogen-bond acceptors (Lipinski definition) is 5. The number of methoxy groups -OCH3 is 1. The second kappa shape index (κ2) is 9.38. The molecular weight excluding hydrogens is 456 g/mol. The van der Waals surface area contributed by atoms with Gasteiger partial charge in [0.05, 0.1) is 31.6 Å². The first-order valence-corrected chi connectivity index (χ1v) is 11.3. The number of hydrogen-bond donors (Lipinski definition) is 1.